The van der Waals surface area contributed by atoms with Crippen LogP contribution in [0.25, 0.3) is 0 Å². The van der Waals surface area contributed by atoms with Crippen LogP contribution in [0.1, 0.15) is 49.2 Å². The molecule has 2 N–H and O–H groups in total. The molecule has 0 saturated heterocycles. The van der Waals surface area contributed by atoms with E-state index < -0.39 is 0 Å². The highest BCUT2D eigenvalue weighted by Crippen LogP contribution is 2.30. The molecule has 0 aromatic carbocycles. The lowest BCUT2D eigenvalue weighted by molar-refractivity contribution is 0.0938. The fourth-order valence-electron chi connectivity index (χ4n) is 2.80. The van der Waals surface area contributed by atoms with Crippen molar-refractivity contribution < 1.29 is 4.79 Å². The maximum Gasteiger partial charge on any atom is 0.255 e. The highest BCUT2D eigenvalue weighted by molar-refractivity contribution is 7.99. The van der Waals surface area contributed by atoms with Crippen molar-refractivity contribution in [2.75, 3.05) is 17.6 Å². The lowest BCUT2D eigenvalue weighted by Gasteiger charge is -2.15. The molecule has 0 aliphatic heterocycles. The standard InChI is InChI=1S/C16H25N3OS/c1-4-17-15-8-11(3)18-10-14(15)16(20)19-12-6-7-13(9-12)21-5-2/h8,10,12-13H,4-7,9H2,1-3H3,(H,17,18)(H,19,20). The third-order valence-electron chi connectivity index (χ3n) is 3.77. The number of pyridine rings is 1. The zero-order chi connectivity index (χ0) is 15.2. The molecule has 1 aromatic rings. The lowest BCUT2D eigenvalue weighted by atomic mass is 10.1. The van der Waals surface area contributed by atoms with Gasteiger partial charge in [0.1, 0.15) is 0 Å². The van der Waals surface area contributed by atoms with Gasteiger partial charge in [0.05, 0.1) is 11.3 Å². The van der Waals surface area contributed by atoms with Crippen LogP contribution in [0.3, 0.4) is 0 Å². The van der Waals surface area contributed by atoms with Gasteiger partial charge < -0.3 is 10.6 Å². The highest BCUT2D eigenvalue weighted by atomic mass is 32.2. The average molecular weight is 307 g/mol. The molecule has 1 aliphatic rings. The number of hydrogen-bond donors (Lipinski definition) is 2. The zero-order valence-electron chi connectivity index (χ0n) is 13.1. The monoisotopic (exact) mass is 307 g/mol. The van der Waals surface area contributed by atoms with E-state index in [4.69, 9.17) is 0 Å². The Morgan fingerprint density at radius 2 is 2.24 bits per heavy atom. The molecule has 21 heavy (non-hydrogen) atoms. The van der Waals surface area contributed by atoms with Gasteiger partial charge >= 0.3 is 0 Å². The summed E-state index contributed by atoms with van der Waals surface area (Å²) in [4.78, 5) is 16.7. The van der Waals surface area contributed by atoms with Gasteiger partial charge in [-0.25, -0.2) is 0 Å². The molecule has 4 nitrogen and oxygen atoms in total. The molecule has 1 saturated carbocycles. The molecular formula is C16H25N3OS. The van der Waals surface area contributed by atoms with Gasteiger partial charge in [-0.05, 0) is 44.9 Å². The summed E-state index contributed by atoms with van der Waals surface area (Å²) in [6.07, 6.45) is 5.05. The van der Waals surface area contributed by atoms with E-state index in [1.807, 2.05) is 31.7 Å². The largest absolute Gasteiger partial charge is 0.385 e. The van der Waals surface area contributed by atoms with Gasteiger partial charge in [0, 0.05) is 29.7 Å². The fourth-order valence-corrected chi connectivity index (χ4v) is 3.94. The first-order valence-electron chi connectivity index (χ1n) is 7.77. The molecule has 0 bridgehead atoms. The summed E-state index contributed by atoms with van der Waals surface area (Å²) in [5.41, 5.74) is 2.44. The van der Waals surface area contributed by atoms with Crippen molar-refractivity contribution in [3.05, 3.63) is 23.5 Å². The lowest BCUT2D eigenvalue weighted by Crippen LogP contribution is -2.33. The first-order chi connectivity index (χ1) is 10.1. The topological polar surface area (TPSA) is 54.0 Å². The van der Waals surface area contributed by atoms with E-state index in [-0.39, 0.29) is 5.91 Å². The number of carbonyl (C=O) groups excluding carboxylic acids is 1. The van der Waals surface area contributed by atoms with Gasteiger partial charge in [-0.3, -0.25) is 9.78 Å². The number of anilines is 1. The Bertz CT molecular complexity index is 492. The molecule has 0 radical (unpaired) electrons. The van der Waals surface area contributed by atoms with Crippen LogP contribution in [0.15, 0.2) is 12.3 Å². The fraction of sp³-hybridized carbons (Fsp3) is 0.625. The number of amides is 1. The second-order valence-corrected chi connectivity index (χ2v) is 7.04. The maximum atomic E-state index is 12.5. The molecule has 116 valence electrons. The van der Waals surface area contributed by atoms with Gasteiger partial charge in [0.15, 0.2) is 0 Å². The number of thioether (sulfide) groups is 1. The normalized spacial score (nSPS) is 21.3. The van der Waals surface area contributed by atoms with Crippen LogP contribution in [-0.2, 0) is 0 Å². The van der Waals surface area contributed by atoms with Crippen molar-refractivity contribution in [2.24, 2.45) is 0 Å². The van der Waals surface area contributed by atoms with Crippen LogP contribution in [0.2, 0.25) is 0 Å². The second kappa shape index (κ2) is 7.69. The van der Waals surface area contributed by atoms with Crippen molar-refractivity contribution in [1.82, 2.24) is 10.3 Å². The van der Waals surface area contributed by atoms with E-state index in [1.54, 1.807) is 6.20 Å². The minimum Gasteiger partial charge on any atom is -0.385 e. The summed E-state index contributed by atoms with van der Waals surface area (Å²) in [5, 5.41) is 7.12. The first kappa shape index (κ1) is 16.1. The average Bonchev–Trinajstić information content (AvgIpc) is 2.87. The van der Waals surface area contributed by atoms with Crippen LogP contribution in [-0.4, -0.2) is 34.5 Å². The molecule has 2 atom stereocenters. The predicted octanol–water partition coefficient (Wildman–Crippen LogP) is 3.23. The Labute approximate surface area is 131 Å². The molecule has 5 heteroatoms. The highest BCUT2D eigenvalue weighted by Gasteiger charge is 2.26. The molecule has 1 aliphatic carbocycles. The predicted molar refractivity (Wildman–Crippen MR) is 90.2 cm³/mol. The van der Waals surface area contributed by atoms with E-state index in [2.05, 4.69) is 22.5 Å². The Morgan fingerprint density at radius 3 is 2.95 bits per heavy atom. The van der Waals surface area contributed by atoms with Crippen molar-refractivity contribution in [3.8, 4) is 0 Å². The van der Waals surface area contributed by atoms with E-state index in [0.717, 1.165) is 36.5 Å². The SMILES string of the molecule is CCNc1cc(C)ncc1C(=O)NC1CCC(SCC)C1. The summed E-state index contributed by atoms with van der Waals surface area (Å²) in [7, 11) is 0. The smallest absolute Gasteiger partial charge is 0.255 e. The number of nitrogens with zero attached hydrogens (tertiary/aromatic N) is 1. The van der Waals surface area contributed by atoms with E-state index in [1.165, 1.54) is 6.42 Å². The van der Waals surface area contributed by atoms with Crippen LogP contribution in [0.5, 0.6) is 0 Å². The molecular weight excluding hydrogens is 282 g/mol. The van der Waals surface area contributed by atoms with Crippen LogP contribution in [0, 0.1) is 6.92 Å². The van der Waals surface area contributed by atoms with Gasteiger partial charge in [0.25, 0.3) is 5.91 Å². The molecule has 1 fully saturated rings. The Hall–Kier alpha value is -1.23. The Morgan fingerprint density at radius 1 is 1.43 bits per heavy atom. The van der Waals surface area contributed by atoms with Crippen LogP contribution < -0.4 is 10.6 Å². The molecule has 0 spiro atoms. The van der Waals surface area contributed by atoms with E-state index in [9.17, 15) is 4.79 Å². The number of hydrogen-bond acceptors (Lipinski definition) is 4. The van der Waals surface area contributed by atoms with Gasteiger partial charge in [-0.2, -0.15) is 11.8 Å². The summed E-state index contributed by atoms with van der Waals surface area (Å²) in [6, 6.07) is 2.24. The first-order valence-corrected chi connectivity index (χ1v) is 8.81. The number of aromatic nitrogens is 1. The van der Waals surface area contributed by atoms with Crippen LogP contribution in [0.4, 0.5) is 5.69 Å². The van der Waals surface area contributed by atoms with Gasteiger partial charge in [0.2, 0.25) is 0 Å². The summed E-state index contributed by atoms with van der Waals surface area (Å²) in [6.45, 7) is 6.95. The molecule has 2 rings (SSSR count). The quantitative estimate of drug-likeness (QED) is 0.847. The van der Waals surface area contributed by atoms with Crippen LogP contribution >= 0.6 is 11.8 Å². The molecule has 1 heterocycles. The van der Waals surface area contributed by atoms with E-state index >= 15 is 0 Å². The van der Waals surface area contributed by atoms with Gasteiger partial charge in [-0.15, -0.1) is 0 Å². The minimum absolute atomic E-state index is 0.00871. The van der Waals surface area contributed by atoms with Crippen molar-refractivity contribution in [3.63, 3.8) is 0 Å². The molecule has 1 aromatic heterocycles. The number of nitrogens with one attached hydrogen (secondary N) is 2. The van der Waals surface area contributed by atoms with Crippen molar-refractivity contribution in [2.45, 2.75) is 51.3 Å². The Balaban J connectivity index is 2.00. The van der Waals surface area contributed by atoms with E-state index in [0.29, 0.717) is 16.9 Å². The Kier molecular flexibility index (Phi) is 5.91. The summed E-state index contributed by atoms with van der Waals surface area (Å²) >= 11 is 2.00. The summed E-state index contributed by atoms with van der Waals surface area (Å²) < 4.78 is 0. The third kappa shape index (κ3) is 4.37. The van der Waals surface area contributed by atoms with Gasteiger partial charge in [-0.1, -0.05) is 6.92 Å². The maximum absolute atomic E-state index is 12.5. The molecule has 2 unspecified atom stereocenters. The number of carbonyl (C=O) groups is 1. The number of rotatable bonds is 6. The third-order valence-corrected chi connectivity index (χ3v) is 5.01. The summed E-state index contributed by atoms with van der Waals surface area (Å²) in [5.74, 6) is 1.14. The molecule has 1 amide bonds. The second-order valence-electron chi connectivity index (χ2n) is 5.46. The number of aryl methyl sites for hydroxylation is 1. The van der Waals surface area contributed by atoms with Crippen molar-refractivity contribution >= 4 is 23.4 Å². The zero-order valence-corrected chi connectivity index (χ0v) is 13.9. The van der Waals surface area contributed by atoms with Crippen molar-refractivity contribution in [1.29, 1.82) is 0 Å². The minimum atomic E-state index is -0.00871.